The number of ether oxygens (including phenoxy) is 1. The second-order valence-corrected chi connectivity index (χ2v) is 9.35. The summed E-state index contributed by atoms with van der Waals surface area (Å²) in [6, 6.07) is 2.97. The third-order valence-corrected chi connectivity index (χ3v) is 5.12. The Morgan fingerprint density at radius 3 is 2.85 bits per heavy atom. The third kappa shape index (κ3) is 8.18. The van der Waals surface area contributed by atoms with Crippen molar-refractivity contribution >= 4 is 23.5 Å². The van der Waals surface area contributed by atoms with Gasteiger partial charge in [-0.1, -0.05) is 25.2 Å². The number of alkyl carbamates (subject to hydrolysis) is 1. The van der Waals surface area contributed by atoms with Crippen molar-refractivity contribution in [1.29, 1.82) is 0 Å². The molecule has 0 saturated heterocycles. The molecule has 0 aliphatic heterocycles. The summed E-state index contributed by atoms with van der Waals surface area (Å²) in [5.41, 5.74) is 0.688. The fourth-order valence-electron chi connectivity index (χ4n) is 3.63. The highest BCUT2D eigenvalue weighted by atomic mass is 19.1. The summed E-state index contributed by atoms with van der Waals surface area (Å²) >= 11 is 0. The van der Waals surface area contributed by atoms with E-state index in [-0.39, 0.29) is 18.1 Å². The minimum absolute atomic E-state index is 0.0455. The first kappa shape index (κ1) is 25.2. The lowest BCUT2D eigenvalue weighted by molar-refractivity contribution is 0.0489. The molecule has 34 heavy (non-hydrogen) atoms. The number of nitrogens with zero attached hydrogens (tertiary/aromatic N) is 3. The lowest BCUT2D eigenvalue weighted by Gasteiger charge is -2.28. The molecule has 1 saturated carbocycles. The number of aromatic nitrogens is 3. The number of amides is 1. The summed E-state index contributed by atoms with van der Waals surface area (Å²) in [6.45, 7) is 8.36. The Labute approximate surface area is 200 Å². The Hall–Kier alpha value is -3.41. The quantitative estimate of drug-likeness (QED) is 0.405. The van der Waals surface area contributed by atoms with E-state index < -0.39 is 11.5 Å². The van der Waals surface area contributed by atoms with Crippen LogP contribution >= 0.6 is 0 Å². The molecule has 1 amide bonds. The van der Waals surface area contributed by atoms with Gasteiger partial charge in [-0.05, 0) is 52.5 Å². The van der Waals surface area contributed by atoms with Crippen LogP contribution in [0.25, 0.3) is 0 Å². The van der Waals surface area contributed by atoms with Gasteiger partial charge in [-0.25, -0.2) is 14.8 Å². The van der Waals surface area contributed by atoms with Crippen LogP contribution in [0, 0.1) is 23.7 Å². The van der Waals surface area contributed by atoms with E-state index >= 15 is 0 Å². The van der Waals surface area contributed by atoms with Crippen molar-refractivity contribution in [2.24, 2.45) is 5.92 Å². The summed E-state index contributed by atoms with van der Waals surface area (Å²) in [5, 5.41) is 9.26. The summed E-state index contributed by atoms with van der Waals surface area (Å²) in [6.07, 6.45) is 7.24. The number of pyridine rings is 1. The van der Waals surface area contributed by atoms with Crippen molar-refractivity contribution in [1.82, 2.24) is 20.3 Å². The van der Waals surface area contributed by atoms with E-state index in [9.17, 15) is 9.18 Å². The molecule has 9 heteroatoms. The Balaban J connectivity index is 1.69. The predicted molar refractivity (Wildman–Crippen MR) is 130 cm³/mol. The first-order valence-electron chi connectivity index (χ1n) is 11.7. The predicted octanol–water partition coefficient (Wildman–Crippen LogP) is 5.01. The van der Waals surface area contributed by atoms with Crippen molar-refractivity contribution < 1.29 is 13.9 Å². The largest absolute Gasteiger partial charge is 0.444 e. The monoisotopic (exact) mass is 468 g/mol. The average molecular weight is 469 g/mol. The number of hydrogen-bond donors (Lipinski definition) is 3. The first-order chi connectivity index (χ1) is 16.2. The van der Waals surface area contributed by atoms with E-state index in [4.69, 9.17) is 4.74 Å². The number of anilines is 3. The van der Waals surface area contributed by atoms with Gasteiger partial charge in [-0.15, -0.1) is 0 Å². The Kier molecular flexibility index (Phi) is 8.63. The smallest absolute Gasteiger partial charge is 0.407 e. The maximum atomic E-state index is 13.4. The summed E-state index contributed by atoms with van der Waals surface area (Å²) in [7, 11) is 0. The van der Waals surface area contributed by atoms with Crippen LogP contribution in [0.5, 0.6) is 0 Å². The normalized spacial score (nSPS) is 17.8. The highest BCUT2D eigenvalue weighted by Gasteiger charge is 2.24. The van der Waals surface area contributed by atoms with Crippen molar-refractivity contribution in [2.45, 2.75) is 71.4 Å². The van der Waals surface area contributed by atoms with Crippen LogP contribution in [0.3, 0.4) is 0 Å². The van der Waals surface area contributed by atoms with Crippen LogP contribution in [-0.2, 0) is 4.74 Å². The Bertz CT molecular complexity index is 1040. The van der Waals surface area contributed by atoms with Crippen LogP contribution in [0.15, 0.2) is 24.5 Å². The molecule has 2 aromatic heterocycles. The SMILES string of the molecule is CCCNc1nc(Nc2ccnc(F)c2)ncc1C#C[C@@H]1CCC[C@H](NC(=O)OC(C)(C)C)C1. The van der Waals surface area contributed by atoms with Gasteiger partial charge < -0.3 is 20.7 Å². The second kappa shape index (κ2) is 11.6. The van der Waals surface area contributed by atoms with E-state index in [2.05, 4.69) is 49.7 Å². The Morgan fingerprint density at radius 2 is 2.12 bits per heavy atom. The van der Waals surface area contributed by atoms with Gasteiger partial charge in [0.1, 0.15) is 11.4 Å². The van der Waals surface area contributed by atoms with Gasteiger partial charge in [0, 0.05) is 36.5 Å². The summed E-state index contributed by atoms with van der Waals surface area (Å²) in [4.78, 5) is 24.5. The van der Waals surface area contributed by atoms with E-state index in [1.807, 2.05) is 20.8 Å². The number of rotatable bonds is 6. The van der Waals surface area contributed by atoms with Crippen molar-refractivity contribution in [3.8, 4) is 11.8 Å². The zero-order valence-electron chi connectivity index (χ0n) is 20.2. The van der Waals surface area contributed by atoms with Crippen LogP contribution in [0.1, 0.15) is 65.4 Å². The van der Waals surface area contributed by atoms with Gasteiger partial charge in [0.25, 0.3) is 0 Å². The minimum atomic E-state index is -0.580. The fourth-order valence-corrected chi connectivity index (χ4v) is 3.63. The highest BCUT2D eigenvalue weighted by Crippen LogP contribution is 2.25. The van der Waals surface area contributed by atoms with Gasteiger partial charge in [0.2, 0.25) is 11.9 Å². The zero-order chi connectivity index (χ0) is 24.6. The molecule has 3 rings (SSSR count). The third-order valence-electron chi connectivity index (χ3n) is 5.12. The van der Waals surface area contributed by atoms with E-state index in [0.29, 0.717) is 23.0 Å². The molecule has 1 aliphatic carbocycles. The molecule has 1 aliphatic rings. The van der Waals surface area contributed by atoms with Crippen molar-refractivity contribution in [2.75, 3.05) is 17.2 Å². The number of hydrogen-bond acceptors (Lipinski definition) is 7. The highest BCUT2D eigenvalue weighted by molar-refractivity contribution is 5.68. The molecule has 0 unspecified atom stereocenters. The van der Waals surface area contributed by atoms with Crippen molar-refractivity contribution in [3.05, 3.63) is 36.0 Å². The molecular formula is C25H33FN6O2. The topological polar surface area (TPSA) is 101 Å². The molecule has 3 N–H and O–H groups in total. The molecular weight excluding hydrogens is 435 g/mol. The molecule has 2 heterocycles. The maximum Gasteiger partial charge on any atom is 0.407 e. The van der Waals surface area contributed by atoms with E-state index in [1.165, 1.54) is 12.3 Å². The molecule has 8 nitrogen and oxygen atoms in total. The summed E-state index contributed by atoms with van der Waals surface area (Å²) < 4.78 is 18.8. The zero-order valence-corrected chi connectivity index (χ0v) is 20.2. The molecule has 2 aromatic rings. The lowest BCUT2D eigenvalue weighted by Crippen LogP contribution is -2.41. The molecule has 182 valence electrons. The fraction of sp³-hybridized carbons (Fsp3) is 0.520. The van der Waals surface area contributed by atoms with Crippen LogP contribution in [0.4, 0.5) is 26.6 Å². The van der Waals surface area contributed by atoms with Gasteiger partial charge >= 0.3 is 6.09 Å². The molecule has 0 aromatic carbocycles. The maximum absolute atomic E-state index is 13.4. The van der Waals surface area contributed by atoms with Gasteiger partial charge in [0.15, 0.2) is 0 Å². The number of carbonyl (C=O) groups excluding carboxylic acids is 1. The molecule has 0 radical (unpaired) electrons. The standard InChI is InChI=1S/C25H33FN6O2/c1-5-12-28-22-18(16-29-23(32-22)30-20-11-13-27-21(26)15-20)10-9-17-7-6-8-19(14-17)31-24(33)34-25(2,3)4/h11,13,15-17,19H,5-8,12,14H2,1-4H3,(H,31,33)(H2,27,28,29,30,32)/t17-,19-/m0/s1. The van der Waals surface area contributed by atoms with Gasteiger partial charge in [-0.2, -0.15) is 9.37 Å². The number of carbonyl (C=O) groups is 1. The lowest BCUT2D eigenvalue weighted by atomic mass is 9.86. The number of nitrogens with one attached hydrogen (secondary N) is 3. The second-order valence-electron chi connectivity index (χ2n) is 9.35. The van der Waals surface area contributed by atoms with Crippen LogP contribution in [-0.4, -0.2) is 39.2 Å². The summed E-state index contributed by atoms with van der Waals surface area (Å²) in [5.74, 6) is 7.11. The van der Waals surface area contributed by atoms with Gasteiger partial charge in [0.05, 0.1) is 11.8 Å². The molecule has 1 fully saturated rings. The Morgan fingerprint density at radius 1 is 1.29 bits per heavy atom. The molecule has 2 atom stereocenters. The van der Waals surface area contributed by atoms with Crippen LogP contribution < -0.4 is 16.0 Å². The van der Waals surface area contributed by atoms with E-state index in [0.717, 1.165) is 38.6 Å². The minimum Gasteiger partial charge on any atom is -0.444 e. The van der Waals surface area contributed by atoms with Crippen molar-refractivity contribution in [3.63, 3.8) is 0 Å². The molecule has 0 spiro atoms. The molecule has 0 bridgehead atoms. The van der Waals surface area contributed by atoms with Gasteiger partial charge in [-0.3, -0.25) is 0 Å². The first-order valence-corrected chi connectivity index (χ1v) is 11.7. The van der Waals surface area contributed by atoms with E-state index in [1.54, 1.807) is 12.3 Å². The van der Waals surface area contributed by atoms with Crippen LogP contribution in [0.2, 0.25) is 0 Å². The number of halogens is 1. The average Bonchev–Trinajstić information content (AvgIpc) is 2.76.